The first-order chi connectivity index (χ1) is 9.10. The first kappa shape index (κ1) is 13.6. The first-order valence-electron chi connectivity index (χ1n) is 6.29. The van der Waals surface area contributed by atoms with Crippen LogP contribution in [0.5, 0.6) is 0 Å². The predicted octanol–water partition coefficient (Wildman–Crippen LogP) is 1.97. The molecule has 0 aliphatic heterocycles. The summed E-state index contributed by atoms with van der Waals surface area (Å²) in [5.74, 6) is -0.338. The molecule has 0 atom stereocenters. The number of fused-ring (bicyclic) bond motifs is 1. The molecule has 5 nitrogen and oxygen atoms in total. The number of anilines is 2. The minimum Gasteiger partial charge on any atom is -0.399 e. The van der Waals surface area contributed by atoms with Crippen LogP contribution in [0.2, 0.25) is 0 Å². The lowest BCUT2D eigenvalue weighted by molar-refractivity contribution is -0.116. The maximum absolute atomic E-state index is 11.2. The molecule has 0 unspecified atom stereocenters. The zero-order valence-electron chi connectivity index (χ0n) is 10.9. The number of hydrogen-bond acceptors (Lipinski definition) is 5. The fourth-order valence-corrected chi connectivity index (χ4v) is 2.88. The average Bonchev–Trinajstić information content (AvgIpc) is 2.76. The van der Waals surface area contributed by atoms with Crippen LogP contribution in [0.15, 0.2) is 18.2 Å². The third kappa shape index (κ3) is 3.35. The van der Waals surface area contributed by atoms with Gasteiger partial charge in [-0.25, -0.2) is 4.98 Å². The minimum absolute atomic E-state index is 0.204. The Morgan fingerprint density at radius 1 is 1.47 bits per heavy atom. The van der Waals surface area contributed by atoms with Crippen LogP contribution in [-0.2, 0) is 4.79 Å². The molecular weight excluding hydrogens is 260 g/mol. The summed E-state index contributed by atoms with van der Waals surface area (Å²) in [4.78, 5) is 17.6. The normalized spacial score (nSPS) is 10.8. The Bertz CT molecular complexity index is 581. The van der Waals surface area contributed by atoms with Crippen LogP contribution in [0.4, 0.5) is 10.8 Å². The number of carbonyl (C=O) groups excluding carboxylic acids is 1. The number of benzene rings is 1. The van der Waals surface area contributed by atoms with Gasteiger partial charge in [-0.15, -0.1) is 0 Å². The predicted molar refractivity (Wildman–Crippen MR) is 80.3 cm³/mol. The molecule has 0 saturated carbocycles. The van der Waals surface area contributed by atoms with E-state index < -0.39 is 0 Å². The summed E-state index contributed by atoms with van der Waals surface area (Å²) in [6.07, 6.45) is 2.07. The van der Waals surface area contributed by atoms with E-state index in [2.05, 4.69) is 11.9 Å². The molecule has 0 aliphatic rings. The van der Waals surface area contributed by atoms with Gasteiger partial charge in [-0.3, -0.25) is 4.79 Å². The number of nitrogens with two attached hydrogens (primary N) is 2. The fourth-order valence-electron chi connectivity index (χ4n) is 1.84. The second-order valence-electron chi connectivity index (χ2n) is 4.47. The number of primary amides is 1. The molecule has 1 aromatic heterocycles. The molecule has 1 amide bonds. The van der Waals surface area contributed by atoms with Gasteiger partial charge >= 0.3 is 0 Å². The maximum atomic E-state index is 11.2. The highest BCUT2D eigenvalue weighted by atomic mass is 32.1. The van der Waals surface area contributed by atoms with E-state index in [1.54, 1.807) is 0 Å². The van der Waals surface area contributed by atoms with Gasteiger partial charge in [0.15, 0.2) is 5.13 Å². The Labute approximate surface area is 116 Å². The SMILES string of the molecule is CCCCN(CC(N)=O)c1nc2ccc(N)cc2s1. The van der Waals surface area contributed by atoms with E-state index in [-0.39, 0.29) is 12.5 Å². The second kappa shape index (κ2) is 5.88. The standard InChI is InChI=1S/C13H18N4OS/c1-2-3-6-17(8-12(15)18)13-16-10-5-4-9(14)7-11(10)19-13/h4-5,7H,2-3,6,8,14H2,1H3,(H2,15,18). The molecule has 0 spiro atoms. The van der Waals surface area contributed by atoms with Crippen LogP contribution in [0.1, 0.15) is 19.8 Å². The molecule has 2 rings (SSSR count). The number of nitrogen functional groups attached to an aromatic ring is 1. The van der Waals surface area contributed by atoms with E-state index in [0.29, 0.717) is 0 Å². The van der Waals surface area contributed by atoms with E-state index >= 15 is 0 Å². The Kier molecular flexibility index (Phi) is 4.21. The Balaban J connectivity index is 2.29. The minimum atomic E-state index is -0.338. The number of unbranched alkanes of at least 4 members (excludes halogenated alkanes) is 1. The molecule has 1 heterocycles. The molecule has 4 N–H and O–H groups in total. The molecule has 0 radical (unpaired) electrons. The topological polar surface area (TPSA) is 85.2 Å². The first-order valence-corrected chi connectivity index (χ1v) is 7.11. The van der Waals surface area contributed by atoms with Gasteiger partial charge in [-0.05, 0) is 24.6 Å². The lowest BCUT2D eigenvalue weighted by Crippen LogP contribution is -2.34. The zero-order valence-corrected chi connectivity index (χ0v) is 11.7. The smallest absolute Gasteiger partial charge is 0.237 e. The number of nitrogens with zero attached hydrogens (tertiary/aromatic N) is 2. The average molecular weight is 278 g/mol. The molecule has 19 heavy (non-hydrogen) atoms. The van der Waals surface area contributed by atoms with E-state index in [4.69, 9.17) is 11.5 Å². The quantitative estimate of drug-likeness (QED) is 0.791. The van der Waals surface area contributed by atoms with Crippen molar-refractivity contribution in [3.05, 3.63) is 18.2 Å². The summed E-state index contributed by atoms with van der Waals surface area (Å²) in [6.45, 7) is 3.10. The number of amides is 1. The fraction of sp³-hybridized carbons (Fsp3) is 0.385. The van der Waals surface area contributed by atoms with Crippen molar-refractivity contribution in [2.45, 2.75) is 19.8 Å². The van der Waals surface area contributed by atoms with Gasteiger partial charge in [0, 0.05) is 12.2 Å². The molecule has 0 saturated heterocycles. The molecule has 1 aromatic carbocycles. The van der Waals surface area contributed by atoms with E-state index in [1.165, 1.54) is 11.3 Å². The van der Waals surface area contributed by atoms with Crippen LogP contribution in [0, 0.1) is 0 Å². The number of carbonyl (C=O) groups is 1. The highest BCUT2D eigenvalue weighted by Crippen LogP contribution is 2.30. The van der Waals surface area contributed by atoms with Crippen LogP contribution in [-0.4, -0.2) is 24.0 Å². The van der Waals surface area contributed by atoms with Crippen LogP contribution in [0.3, 0.4) is 0 Å². The van der Waals surface area contributed by atoms with Gasteiger partial charge in [-0.1, -0.05) is 24.7 Å². The Morgan fingerprint density at radius 3 is 2.95 bits per heavy atom. The number of hydrogen-bond donors (Lipinski definition) is 2. The summed E-state index contributed by atoms with van der Waals surface area (Å²) >= 11 is 1.54. The summed E-state index contributed by atoms with van der Waals surface area (Å²) in [5, 5.41) is 0.827. The van der Waals surface area contributed by atoms with Gasteiger partial charge in [0.2, 0.25) is 5.91 Å². The van der Waals surface area contributed by atoms with E-state index in [0.717, 1.165) is 40.4 Å². The summed E-state index contributed by atoms with van der Waals surface area (Å²) in [5.41, 5.74) is 12.7. The van der Waals surface area contributed by atoms with Crippen molar-refractivity contribution in [1.29, 1.82) is 0 Å². The van der Waals surface area contributed by atoms with Crippen molar-refractivity contribution in [2.75, 3.05) is 23.7 Å². The van der Waals surface area contributed by atoms with Gasteiger partial charge in [0.1, 0.15) is 0 Å². The van der Waals surface area contributed by atoms with Crippen molar-refractivity contribution in [3.63, 3.8) is 0 Å². The van der Waals surface area contributed by atoms with E-state index in [9.17, 15) is 4.79 Å². The van der Waals surface area contributed by atoms with Crippen LogP contribution in [0.25, 0.3) is 10.2 Å². The van der Waals surface area contributed by atoms with Crippen molar-refractivity contribution in [1.82, 2.24) is 4.98 Å². The Hall–Kier alpha value is -1.82. The third-order valence-corrected chi connectivity index (χ3v) is 3.88. The van der Waals surface area contributed by atoms with Gasteiger partial charge in [0.25, 0.3) is 0 Å². The highest BCUT2D eigenvalue weighted by Gasteiger charge is 2.14. The molecule has 0 bridgehead atoms. The lowest BCUT2D eigenvalue weighted by atomic mass is 10.3. The van der Waals surface area contributed by atoms with Crippen molar-refractivity contribution < 1.29 is 4.79 Å². The van der Waals surface area contributed by atoms with Crippen molar-refractivity contribution >= 4 is 38.3 Å². The van der Waals surface area contributed by atoms with Gasteiger partial charge in [0.05, 0.1) is 16.8 Å². The zero-order chi connectivity index (χ0) is 13.8. The third-order valence-electron chi connectivity index (χ3n) is 2.80. The molecule has 0 fully saturated rings. The summed E-state index contributed by atoms with van der Waals surface area (Å²) in [7, 11) is 0. The number of thiazole rings is 1. The monoisotopic (exact) mass is 278 g/mol. The molecule has 0 aliphatic carbocycles. The molecule has 2 aromatic rings. The van der Waals surface area contributed by atoms with Crippen LogP contribution >= 0.6 is 11.3 Å². The molecule has 6 heteroatoms. The number of aromatic nitrogens is 1. The van der Waals surface area contributed by atoms with E-state index in [1.807, 2.05) is 23.1 Å². The second-order valence-corrected chi connectivity index (χ2v) is 5.47. The van der Waals surface area contributed by atoms with Gasteiger partial charge in [-0.2, -0.15) is 0 Å². The molecule has 102 valence electrons. The summed E-state index contributed by atoms with van der Waals surface area (Å²) < 4.78 is 1.03. The van der Waals surface area contributed by atoms with Gasteiger partial charge < -0.3 is 16.4 Å². The Morgan fingerprint density at radius 2 is 2.26 bits per heavy atom. The lowest BCUT2D eigenvalue weighted by Gasteiger charge is -2.19. The summed E-state index contributed by atoms with van der Waals surface area (Å²) in [6, 6.07) is 5.63. The highest BCUT2D eigenvalue weighted by molar-refractivity contribution is 7.22. The van der Waals surface area contributed by atoms with Crippen molar-refractivity contribution in [3.8, 4) is 0 Å². The van der Waals surface area contributed by atoms with Crippen molar-refractivity contribution in [2.24, 2.45) is 5.73 Å². The van der Waals surface area contributed by atoms with Crippen LogP contribution < -0.4 is 16.4 Å². The number of rotatable bonds is 6. The maximum Gasteiger partial charge on any atom is 0.237 e. The largest absolute Gasteiger partial charge is 0.399 e. The molecular formula is C13H18N4OS.